The molecule has 0 bridgehead atoms. The van der Waals surface area contributed by atoms with Crippen LogP contribution in [0.1, 0.15) is 31.2 Å². The third-order valence-corrected chi connectivity index (χ3v) is 1.87. The SMILES string of the molecule is Cc1ccnc(C(O)COC(C)C)c1. The Morgan fingerprint density at radius 3 is 2.79 bits per heavy atom. The summed E-state index contributed by atoms with van der Waals surface area (Å²) in [5.41, 5.74) is 1.77. The average Bonchev–Trinajstić information content (AvgIpc) is 2.14. The van der Waals surface area contributed by atoms with Gasteiger partial charge in [-0.15, -0.1) is 0 Å². The molecular weight excluding hydrogens is 178 g/mol. The molecule has 0 saturated carbocycles. The van der Waals surface area contributed by atoms with E-state index >= 15 is 0 Å². The first-order chi connectivity index (χ1) is 6.59. The van der Waals surface area contributed by atoms with Crippen LogP contribution in [0, 0.1) is 6.92 Å². The standard InChI is InChI=1S/C11H17NO2/c1-8(2)14-7-11(13)10-6-9(3)4-5-12-10/h4-6,8,11,13H,7H2,1-3H3. The fourth-order valence-corrected chi connectivity index (χ4v) is 1.11. The molecule has 0 aliphatic rings. The highest BCUT2D eigenvalue weighted by Crippen LogP contribution is 2.12. The van der Waals surface area contributed by atoms with E-state index in [1.165, 1.54) is 0 Å². The number of ether oxygens (including phenoxy) is 1. The Bertz CT molecular complexity index is 286. The molecule has 0 radical (unpaired) electrons. The number of aryl methyl sites for hydroxylation is 1. The van der Waals surface area contributed by atoms with Crippen LogP contribution in [0.4, 0.5) is 0 Å². The van der Waals surface area contributed by atoms with Gasteiger partial charge in [0.2, 0.25) is 0 Å². The van der Waals surface area contributed by atoms with E-state index < -0.39 is 6.10 Å². The van der Waals surface area contributed by atoms with Crippen LogP contribution in [-0.4, -0.2) is 22.8 Å². The number of hydrogen-bond acceptors (Lipinski definition) is 3. The minimum atomic E-state index is -0.628. The maximum atomic E-state index is 9.71. The lowest BCUT2D eigenvalue weighted by molar-refractivity contribution is 0.00325. The van der Waals surface area contributed by atoms with E-state index in [9.17, 15) is 5.11 Å². The van der Waals surface area contributed by atoms with Gasteiger partial charge in [-0.2, -0.15) is 0 Å². The van der Waals surface area contributed by atoms with Crippen molar-refractivity contribution in [2.45, 2.75) is 33.0 Å². The van der Waals surface area contributed by atoms with Crippen molar-refractivity contribution in [3.8, 4) is 0 Å². The third kappa shape index (κ3) is 3.44. The minimum absolute atomic E-state index is 0.134. The third-order valence-electron chi connectivity index (χ3n) is 1.87. The number of aliphatic hydroxyl groups excluding tert-OH is 1. The fraction of sp³-hybridized carbons (Fsp3) is 0.545. The second-order valence-electron chi connectivity index (χ2n) is 3.66. The summed E-state index contributed by atoms with van der Waals surface area (Å²) in [5.74, 6) is 0. The van der Waals surface area contributed by atoms with Gasteiger partial charge in [-0.1, -0.05) is 0 Å². The number of rotatable bonds is 4. The number of pyridine rings is 1. The molecule has 14 heavy (non-hydrogen) atoms. The molecule has 0 aliphatic heterocycles. The molecule has 1 aromatic heterocycles. The summed E-state index contributed by atoms with van der Waals surface area (Å²) in [6, 6.07) is 3.77. The van der Waals surface area contributed by atoms with Gasteiger partial charge in [0.15, 0.2) is 0 Å². The molecule has 0 aliphatic carbocycles. The van der Waals surface area contributed by atoms with Gasteiger partial charge in [0, 0.05) is 6.20 Å². The predicted octanol–water partition coefficient (Wildman–Crippen LogP) is 1.85. The van der Waals surface area contributed by atoms with Crippen LogP contribution in [0.5, 0.6) is 0 Å². The Labute approximate surface area is 84.7 Å². The zero-order valence-corrected chi connectivity index (χ0v) is 8.90. The molecule has 0 aromatic carbocycles. The lowest BCUT2D eigenvalue weighted by atomic mass is 10.2. The number of hydrogen-bond donors (Lipinski definition) is 1. The highest BCUT2D eigenvalue weighted by molar-refractivity contribution is 5.16. The lowest BCUT2D eigenvalue weighted by Gasteiger charge is -2.13. The molecular formula is C11H17NO2. The van der Waals surface area contributed by atoms with Crippen LogP contribution in [0.3, 0.4) is 0 Å². The summed E-state index contributed by atoms with van der Waals surface area (Å²) >= 11 is 0. The quantitative estimate of drug-likeness (QED) is 0.797. The normalized spacial score (nSPS) is 13.2. The highest BCUT2D eigenvalue weighted by Gasteiger charge is 2.09. The first kappa shape index (κ1) is 11.1. The second-order valence-corrected chi connectivity index (χ2v) is 3.66. The van der Waals surface area contributed by atoms with Crippen molar-refractivity contribution >= 4 is 0 Å². The Morgan fingerprint density at radius 1 is 1.50 bits per heavy atom. The van der Waals surface area contributed by atoms with E-state index in [2.05, 4.69) is 4.98 Å². The number of aromatic nitrogens is 1. The van der Waals surface area contributed by atoms with Crippen LogP contribution in [0.2, 0.25) is 0 Å². The molecule has 0 fully saturated rings. The molecule has 1 heterocycles. The summed E-state index contributed by atoms with van der Waals surface area (Å²) in [4.78, 5) is 4.09. The van der Waals surface area contributed by atoms with E-state index in [4.69, 9.17) is 4.74 Å². The molecule has 3 heteroatoms. The van der Waals surface area contributed by atoms with Crippen molar-refractivity contribution in [2.75, 3.05) is 6.61 Å². The molecule has 0 amide bonds. The average molecular weight is 195 g/mol. The zero-order chi connectivity index (χ0) is 10.6. The van der Waals surface area contributed by atoms with E-state index in [1.54, 1.807) is 6.20 Å². The van der Waals surface area contributed by atoms with Crippen LogP contribution < -0.4 is 0 Å². The molecule has 1 N–H and O–H groups in total. The molecule has 1 rings (SSSR count). The van der Waals surface area contributed by atoms with Gasteiger partial charge in [0.25, 0.3) is 0 Å². The van der Waals surface area contributed by atoms with Crippen LogP contribution in [0.25, 0.3) is 0 Å². The van der Waals surface area contributed by atoms with Crippen molar-refractivity contribution in [3.05, 3.63) is 29.6 Å². The zero-order valence-electron chi connectivity index (χ0n) is 8.90. The van der Waals surface area contributed by atoms with Gasteiger partial charge in [-0.3, -0.25) is 4.98 Å². The van der Waals surface area contributed by atoms with E-state index in [1.807, 2.05) is 32.9 Å². The van der Waals surface area contributed by atoms with Gasteiger partial charge in [0.1, 0.15) is 6.10 Å². The van der Waals surface area contributed by atoms with Gasteiger partial charge in [-0.25, -0.2) is 0 Å². The van der Waals surface area contributed by atoms with Gasteiger partial charge in [0.05, 0.1) is 18.4 Å². The lowest BCUT2D eigenvalue weighted by Crippen LogP contribution is -2.12. The Balaban J connectivity index is 2.56. The van der Waals surface area contributed by atoms with Crippen molar-refractivity contribution in [1.29, 1.82) is 0 Å². The topological polar surface area (TPSA) is 42.4 Å². The summed E-state index contributed by atoms with van der Waals surface area (Å²) < 4.78 is 5.31. The first-order valence-corrected chi connectivity index (χ1v) is 4.82. The largest absolute Gasteiger partial charge is 0.384 e. The molecule has 78 valence electrons. The molecule has 0 saturated heterocycles. The van der Waals surface area contributed by atoms with Crippen molar-refractivity contribution < 1.29 is 9.84 Å². The highest BCUT2D eigenvalue weighted by atomic mass is 16.5. The van der Waals surface area contributed by atoms with Gasteiger partial charge >= 0.3 is 0 Å². The van der Waals surface area contributed by atoms with E-state index in [0.717, 1.165) is 5.56 Å². The molecule has 1 unspecified atom stereocenters. The molecule has 1 aromatic rings. The summed E-state index contributed by atoms with van der Waals surface area (Å²) in [7, 11) is 0. The summed E-state index contributed by atoms with van der Waals surface area (Å²) in [6.07, 6.45) is 1.20. The molecule has 0 spiro atoms. The molecule has 3 nitrogen and oxygen atoms in total. The van der Waals surface area contributed by atoms with Crippen LogP contribution >= 0.6 is 0 Å². The fourth-order valence-electron chi connectivity index (χ4n) is 1.11. The number of aliphatic hydroxyl groups is 1. The Morgan fingerprint density at radius 2 is 2.21 bits per heavy atom. The Kier molecular flexibility index (Phi) is 4.04. The second kappa shape index (κ2) is 5.08. The van der Waals surface area contributed by atoms with Gasteiger partial charge in [-0.05, 0) is 38.5 Å². The van der Waals surface area contributed by atoms with Crippen LogP contribution in [-0.2, 0) is 4.74 Å². The first-order valence-electron chi connectivity index (χ1n) is 4.82. The number of nitrogens with zero attached hydrogens (tertiary/aromatic N) is 1. The monoisotopic (exact) mass is 195 g/mol. The molecule has 1 atom stereocenters. The Hall–Kier alpha value is -0.930. The summed E-state index contributed by atoms with van der Waals surface area (Å²) in [5, 5.41) is 9.71. The van der Waals surface area contributed by atoms with E-state index in [-0.39, 0.29) is 6.10 Å². The maximum Gasteiger partial charge on any atom is 0.119 e. The maximum absolute atomic E-state index is 9.71. The predicted molar refractivity (Wildman–Crippen MR) is 55.0 cm³/mol. The van der Waals surface area contributed by atoms with Crippen molar-refractivity contribution in [1.82, 2.24) is 4.98 Å². The smallest absolute Gasteiger partial charge is 0.119 e. The van der Waals surface area contributed by atoms with Crippen LogP contribution in [0.15, 0.2) is 18.3 Å². The van der Waals surface area contributed by atoms with E-state index in [0.29, 0.717) is 12.3 Å². The summed E-state index contributed by atoms with van der Waals surface area (Å²) in [6.45, 7) is 6.15. The minimum Gasteiger partial charge on any atom is -0.384 e. The van der Waals surface area contributed by atoms with Crippen molar-refractivity contribution in [3.63, 3.8) is 0 Å². The van der Waals surface area contributed by atoms with Crippen molar-refractivity contribution in [2.24, 2.45) is 0 Å². The van der Waals surface area contributed by atoms with Gasteiger partial charge < -0.3 is 9.84 Å².